The molecule has 1 atom stereocenters. The van der Waals surface area contributed by atoms with Crippen LogP contribution in [0.4, 0.5) is 4.39 Å². The number of rotatable bonds is 3. The molecular weight excluding hydrogens is 395 g/mol. The molecule has 2 aromatic heterocycles. The highest BCUT2D eigenvalue weighted by molar-refractivity contribution is 9.10. The van der Waals surface area contributed by atoms with Gasteiger partial charge >= 0.3 is 0 Å². The van der Waals surface area contributed by atoms with E-state index in [1.54, 1.807) is 13.0 Å². The zero-order valence-corrected chi connectivity index (χ0v) is 15.4. The molecule has 1 aliphatic heterocycles. The maximum atomic E-state index is 14.6. The smallest absolute Gasteiger partial charge is 0.230 e. The van der Waals surface area contributed by atoms with E-state index in [0.29, 0.717) is 25.7 Å². The van der Waals surface area contributed by atoms with E-state index < -0.39 is 0 Å². The van der Waals surface area contributed by atoms with Gasteiger partial charge in [-0.15, -0.1) is 5.10 Å². The Bertz CT molecular complexity index is 903. The van der Waals surface area contributed by atoms with Crippen LogP contribution >= 0.6 is 27.3 Å². The first-order valence-electron chi connectivity index (χ1n) is 7.78. The molecule has 24 heavy (non-hydrogen) atoms. The van der Waals surface area contributed by atoms with E-state index in [0.717, 1.165) is 25.9 Å². The number of thiazole rings is 1. The molecule has 4 rings (SSSR count). The zero-order chi connectivity index (χ0) is 16.8. The predicted octanol–water partition coefficient (Wildman–Crippen LogP) is 3.89. The molecule has 3 aromatic rings. The molecule has 0 amide bonds. The summed E-state index contributed by atoms with van der Waals surface area (Å²) in [4.78, 5) is 7.85. The van der Waals surface area contributed by atoms with E-state index in [4.69, 9.17) is 0 Å². The fourth-order valence-corrected chi connectivity index (χ4v) is 4.74. The van der Waals surface area contributed by atoms with E-state index in [1.165, 1.54) is 21.9 Å². The minimum Gasteiger partial charge on any atom is -0.492 e. The van der Waals surface area contributed by atoms with Gasteiger partial charge in [0.2, 0.25) is 10.8 Å². The van der Waals surface area contributed by atoms with Crippen LogP contribution in [0.15, 0.2) is 22.7 Å². The van der Waals surface area contributed by atoms with Gasteiger partial charge in [0.25, 0.3) is 0 Å². The summed E-state index contributed by atoms with van der Waals surface area (Å²) in [5.74, 6) is 0.376. The molecule has 1 fully saturated rings. The van der Waals surface area contributed by atoms with Gasteiger partial charge in [0.05, 0.1) is 10.9 Å². The third-order valence-electron chi connectivity index (χ3n) is 4.32. The van der Waals surface area contributed by atoms with Crippen LogP contribution in [0, 0.1) is 12.7 Å². The summed E-state index contributed by atoms with van der Waals surface area (Å²) in [6.45, 7) is 3.55. The quantitative estimate of drug-likeness (QED) is 0.711. The monoisotopic (exact) mass is 410 g/mol. The summed E-state index contributed by atoms with van der Waals surface area (Å²) in [6, 6.07) is 4.76. The summed E-state index contributed by atoms with van der Waals surface area (Å²) in [5.41, 5.74) is 0.566. The fraction of sp³-hybridized carbons (Fsp3) is 0.375. The van der Waals surface area contributed by atoms with Crippen molar-refractivity contribution in [1.82, 2.24) is 19.5 Å². The highest BCUT2D eigenvalue weighted by atomic mass is 79.9. The molecule has 5 nitrogen and oxygen atoms in total. The topological polar surface area (TPSA) is 53.7 Å². The summed E-state index contributed by atoms with van der Waals surface area (Å²) in [7, 11) is 0. The molecule has 0 bridgehead atoms. The van der Waals surface area contributed by atoms with Crippen molar-refractivity contribution in [3.8, 4) is 5.88 Å². The highest BCUT2D eigenvalue weighted by Crippen LogP contribution is 2.42. The fourth-order valence-electron chi connectivity index (χ4n) is 3.25. The second kappa shape index (κ2) is 6.09. The average Bonchev–Trinajstić information content (AvgIpc) is 3.22. The molecule has 1 unspecified atom stereocenters. The van der Waals surface area contributed by atoms with E-state index in [2.05, 4.69) is 30.9 Å². The van der Waals surface area contributed by atoms with Gasteiger partial charge < -0.3 is 5.11 Å². The lowest BCUT2D eigenvalue weighted by Gasteiger charge is -2.27. The molecule has 1 aliphatic rings. The number of nitrogens with zero attached hydrogens (tertiary/aromatic N) is 4. The molecule has 3 heterocycles. The number of halogens is 2. The van der Waals surface area contributed by atoms with Gasteiger partial charge in [-0.2, -0.15) is 4.52 Å². The van der Waals surface area contributed by atoms with Crippen LogP contribution in [0.1, 0.15) is 35.1 Å². The number of likely N-dealkylation sites (tertiary alicyclic amines) is 1. The number of fused-ring (bicyclic) bond motifs is 1. The maximum absolute atomic E-state index is 14.6. The highest BCUT2D eigenvalue weighted by Gasteiger charge is 2.32. The summed E-state index contributed by atoms with van der Waals surface area (Å²) < 4.78 is 16.8. The number of aryl methyl sites for hydroxylation is 1. The molecule has 0 spiro atoms. The molecule has 8 heteroatoms. The van der Waals surface area contributed by atoms with Crippen molar-refractivity contribution in [2.75, 3.05) is 13.1 Å². The SMILES string of the molecule is Cc1nc2sc(C(c3ccc(Br)cc3F)N3CCCC3)c(O)n2n1. The van der Waals surface area contributed by atoms with Crippen LogP contribution < -0.4 is 0 Å². The average molecular weight is 411 g/mol. The Labute approximate surface area is 150 Å². The van der Waals surface area contributed by atoms with Gasteiger partial charge in [0.15, 0.2) is 0 Å². The molecule has 126 valence electrons. The van der Waals surface area contributed by atoms with E-state index in [9.17, 15) is 9.50 Å². The van der Waals surface area contributed by atoms with Crippen molar-refractivity contribution in [1.29, 1.82) is 0 Å². The second-order valence-corrected chi connectivity index (χ2v) is 7.88. The first-order valence-corrected chi connectivity index (χ1v) is 9.39. The number of benzene rings is 1. The van der Waals surface area contributed by atoms with Gasteiger partial charge in [-0.05, 0) is 45.0 Å². The van der Waals surface area contributed by atoms with Crippen molar-refractivity contribution in [3.63, 3.8) is 0 Å². The Hall–Kier alpha value is -1.51. The summed E-state index contributed by atoms with van der Waals surface area (Å²) in [5, 5.41) is 14.9. The van der Waals surface area contributed by atoms with Crippen molar-refractivity contribution in [3.05, 3.63) is 44.8 Å². The van der Waals surface area contributed by atoms with Crippen LogP contribution in [0.5, 0.6) is 5.88 Å². The van der Waals surface area contributed by atoms with Crippen molar-refractivity contribution < 1.29 is 9.50 Å². The van der Waals surface area contributed by atoms with Gasteiger partial charge in [-0.3, -0.25) is 4.90 Å². The van der Waals surface area contributed by atoms with Gasteiger partial charge in [-0.1, -0.05) is 33.3 Å². The second-order valence-electron chi connectivity index (χ2n) is 5.95. The molecule has 1 saturated heterocycles. The van der Waals surface area contributed by atoms with Crippen LogP contribution in [0.25, 0.3) is 4.96 Å². The minimum atomic E-state index is -0.325. The number of hydrogen-bond donors (Lipinski definition) is 1. The largest absolute Gasteiger partial charge is 0.492 e. The van der Waals surface area contributed by atoms with Crippen LogP contribution in [0.3, 0.4) is 0 Å². The normalized spacial score (nSPS) is 17.0. The molecule has 1 N–H and O–H groups in total. The lowest BCUT2D eigenvalue weighted by atomic mass is 10.0. The third kappa shape index (κ3) is 2.62. The van der Waals surface area contributed by atoms with Gasteiger partial charge in [0, 0.05) is 10.0 Å². The van der Waals surface area contributed by atoms with Crippen LogP contribution in [-0.2, 0) is 0 Å². The van der Waals surface area contributed by atoms with Gasteiger partial charge in [-0.25, -0.2) is 9.37 Å². The Kier molecular flexibility index (Phi) is 4.06. The first-order chi connectivity index (χ1) is 11.5. The Morgan fingerprint density at radius 1 is 1.33 bits per heavy atom. The zero-order valence-electron chi connectivity index (χ0n) is 13.0. The van der Waals surface area contributed by atoms with Crippen LogP contribution in [-0.4, -0.2) is 37.7 Å². The number of aromatic nitrogens is 3. The van der Waals surface area contributed by atoms with Crippen LogP contribution in [0.2, 0.25) is 0 Å². The van der Waals surface area contributed by atoms with E-state index >= 15 is 0 Å². The standard InChI is InChI=1S/C16H16BrFN4OS/c1-9-19-16-22(20-9)15(23)14(24-16)13(21-6-2-3-7-21)11-5-4-10(17)8-12(11)18/h4-5,8,13,23H,2-3,6-7H2,1H3. The first kappa shape index (κ1) is 16.0. The number of aromatic hydroxyl groups is 1. The minimum absolute atomic E-state index is 0.0508. The maximum Gasteiger partial charge on any atom is 0.230 e. The third-order valence-corrected chi connectivity index (χ3v) is 5.88. The van der Waals surface area contributed by atoms with E-state index in [1.807, 2.05) is 6.07 Å². The van der Waals surface area contributed by atoms with Crippen molar-refractivity contribution >= 4 is 32.2 Å². The van der Waals surface area contributed by atoms with Crippen molar-refractivity contribution in [2.45, 2.75) is 25.8 Å². The lowest BCUT2D eigenvalue weighted by molar-refractivity contribution is 0.271. The summed E-state index contributed by atoms with van der Waals surface area (Å²) >= 11 is 4.67. The van der Waals surface area contributed by atoms with Gasteiger partial charge in [0.1, 0.15) is 11.6 Å². The lowest BCUT2D eigenvalue weighted by Crippen LogP contribution is -2.26. The summed E-state index contributed by atoms with van der Waals surface area (Å²) in [6.07, 6.45) is 2.16. The Morgan fingerprint density at radius 3 is 2.75 bits per heavy atom. The molecular formula is C16H16BrFN4OS. The Balaban J connectivity index is 1.88. The Morgan fingerprint density at radius 2 is 2.08 bits per heavy atom. The molecule has 1 aromatic carbocycles. The molecule has 0 saturated carbocycles. The van der Waals surface area contributed by atoms with E-state index in [-0.39, 0.29) is 17.7 Å². The predicted molar refractivity (Wildman–Crippen MR) is 94.0 cm³/mol. The van der Waals surface area contributed by atoms with Crippen molar-refractivity contribution in [2.24, 2.45) is 0 Å². The molecule has 0 radical (unpaired) electrons. The number of hydrogen-bond acceptors (Lipinski definition) is 5. The molecule has 0 aliphatic carbocycles.